The summed E-state index contributed by atoms with van der Waals surface area (Å²) in [4.78, 5) is 2.53. The molecule has 0 aromatic carbocycles. The summed E-state index contributed by atoms with van der Waals surface area (Å²) < 4.78 is 0. The van der Waals surface area contributed by atoms with Crippen LogP contribution in [-0.4, -0.2) is 36.1 Å². The molecule has 0 amide bonds. The van der Waals surface area contributed by atoms with Crippen molar-refractivity contribution in [2.24, 2.45) is 0 Å². The van der Waals surface area contributed by atoms with Gasteiger partial charge in [-0.3, -0.25) is 4.90 Å². The minimum atomic E-state index is 0.654. The second-order valence-electron chi connectivity index (χ2n) is 4.02. The van der Waals surface area contributed by atoms with E-state index in [1.807, 2.05) is 0 Å². The first-order chi connectivity index (χ1) is 5.09. The first kappa shape index (κ1) is 9.01. The van der Waals surface area contributed by atoms with Crippen LogP contribution < -0.4 is 5.32 Å². The number of rotatable bonds is 1. The molecule has 0 radical (unpaired) electrons. The van der Waals surface area contributed by atoms with Gasteiger partial charge in [-0.25, -0.2) is 0 Å². The Balaban J connectivity index is 2.43. The quantitative estimate of drug-likeness (QED) is 0.611. The highest BCUT2D eigenvalue weighted by atomic mass is 15.2. The van der Waals surface area contributed by atoms with E-state index in [0.717, 1.165) is 0 Å². The van der Waals surface area contributed by atoms with Gasteiger partial charge in [-0.2, -0.15) is 0 Å². The summed E-state index contributed by atoms with van der Waals surface area (Å²) >= 11 is 0. The molecule has 1 aliphatic rings. The van der Waals surface area contributed by atoms with Crippen LogP contribution in [0.2, 0.25) is 0 Å². The van der Waals surface area contributed by atoms with Crippen molar-refractivity contribution in [2.45, 2.75) is 45.8 Å². The van der Waals surface area contributed by atoms with E-state index >= 15 is 0 Å². The first-order valence-electron chi connectivity index (χ1n) is 4.59. The molecule has 0 unspecified atom stereocenters. The SMILES string of the molecule is CC(C)N1C[C@@H](C)N[C@H](C)C1. The molecule has 2 nitrogen and oxygen atoms in total. The van der Waals surface area contributed by atoms with Gasteiger partial charge in [-0.1, -0.05) is 0 Å². The van der Waals surface area contributed by atoms with E-state index in [1.165, 1.54) is 13.1 Å². The predicted molar refractivity (Wildman–Crippen MR) is 48.8 cm³/mol. The standard InChI is InChI=1S/C9H20N2/c1-7(2)11-5-8(3)10-9(4)6-11/h7-10H,5-6H2,1-4H3/t8-,9-/m1/s1. The van der Waals surface area contributed by atoms with Crippen molar-refractivity contribution in [2.75, 3.05) is 13.1 Å². The first-order valence-corrected chi connectivity index (χ1v) is 4.59. The molecule has 1 saturated heterocycles. The molecular weight excluding hydrogens is 136 g/mol. The Labute approximate surface area is 70.0 Å². The van der Waals surface area contributed by atoms with Gasteiger partial charge in [0.1, 0.15) is 0 Å². The summed E-state index contributed by atoms with van der Waals surface area (Å²) in [5, 5.41) is 3.52. The van der Waals surface area contributed by atoms with Gasteiger partial charge < -0.3 is 5.32 Å². The van der Waals surface area contributed by atoms with Crippen LogP contribution in [0.15, 0.2) is 0 Å². The molecule has 0 spiro atoms. The van der Waals surface area contributed by atoms with Gasteiger partial charge in [0.25, 0.3) is 0 Å². The Bertz CT molecular complexity index is 113. The van der Waals surface area contributed by atoms with E-state index < -0.39 is 0 Å². The van der Waals surface area contributed by atoms with Crippen LogP contribution >= 0.6 is 0 Å². The summed E-state index contributed by atoms with van der Waals surface area (Å²) in [6, 6.07) is 2.00. The fourth-order valence-corrected chi connectivity index (χ4v) is 1.79. The van der Waals surface area contributed by atoms with Crippen molar-refractivity contribution in [3.63, 3.8) is 0 Å². The maximum Gasteiger partial charge on any atom is 0.0169 e. The highest BCUT2D eigenvalue weighted by Crippen LogP contribution is 2.07. The lowest BCUT2D eigenvalue weighted by Gasteiger charge is -2.38. The molecule has 1 heterocycles. The van der Waals surface area contributed by atoms with Crippen LogP contribution in [0.4, 0.5) is 0 Å². The minimum absolute atomic E-state index is 0.654. The number of piperazine rings is 1. The average Bonchev–Trinajstić information content (AvgIpc) is 1.85. The fourth-order valence-electron chi connectivity index (χ4n) is 1.79. The number of hydrogen-bond acceptors (Lipinski definition) is 2. The molecule has 1 rings (SSSR count). The molecular formula is C9H20N2. The molecule has 2 atom stereocenters. The van der Waals surface area contributed by atoms with Crippen LogP contribution in [-0.2, 0) is 0 Å². The molecule has 0 aromatic heterocycles. The number of nitrogens with zero attached hydrogens (tertiary/aromatic N) is 1. The van der Waals surface area contributed by atoms with Gasteiger partial charge in [0.15, 0.2) is 0 Å². The monoisotopic (exact) mass is 156 g/mol. The lowest BCUT2D eigenvalue weighted by molar-refractivity contribution is 0.139. The van der Waals surface area contributed by atoms with Crippen LogP contribution in [0.3, 0.4) is 0 Å². The molecule has 0 bridgehead atoms. The highest BCUT2D eigenvalue weighted by Gasteiger charge is 2.21. The summed E-state index contributed by atoms with van der Waals surface area (Å²) in [5.74, 6) is 0. The van der Waals surface area contributed by atoms with Gasteiger partial charge in [-0.15, -0.1) is 0 Å². The van der Waals surface area contributed by atoms with Crippen molar-refractivity contribution in [3.05, 3.63) is 0 Å². The third-order valence-corrected chi connectivity index (χ3v) is 2.32. The molecule has 0 saturated carbocycles. The average molecular weight is 156 g/mol. The van der Waals surface area contributed by atoms with Gasteiger partial charge in [0.2, 0.25) is 0 Å². The highest BCUT2D eigenvalue weighted by molar-refractivity contribution is 4.82. The van der Waals surface area contributed by atoms with E-state index in [9.17, 15) is 0 Å². The molecule has 1 fully saturated rings. The minimum Gasteiger partial charge on any atom is -0.309 e. The van der Waals surface area contributed by atoms with E-state index in [4.69, 9.17) is 0 Å². The largest absolute Gasteiger partial charge is 0.309 e. The molecule has 11 heavy (non-hydrogen) atoms. The topological polar surface area (TPSA) is 15.3 Å². The number of nitrogens with one attached hydrogen (secondary N) is 1. The van der Waals surface area contributed by atoms with Gasteiger partial charge in [-0.05, 0) is 27.7 Å². The van der Waals surface area contributed by atoms with E-state index in [2.05, 4.69) is 37.9 Å². The normalized spacial score (nSPS) is 34.6. The van der Waals surface area contributed by atoms with Crippen LogP contribution in [0, 0.1) is 0 Å². The predicted octanol–water partition coefficient (Wildman–Crippen LogP) is 1.08. The van der Waals surface area contributed by atoms with Crippen LogP contribution in [0.1, 0.15) is 27.7 Å². The second-order valence-corrected chi connectivity index (χ2v) is 4.02. The summed E-state index contributed by atoms with van der Waals surface area (Å²) in [7, 11) is 0. The maximum atomic E-state index is 3.52. The molecule has 1 N–H and O–H groups in total. The molecule has 0 aromatic rings. The Kier molecular flexibility index (Phi) is 2.90. The summed E-state index contributed by atoms with van der Waals surface area (Å²) in [5.41, 5.74) is 0. The van der Waals surface area contributed by atoms with E-state index in [1.54, 1.807) is 0 Å². The van der Waals surface area contributed by atoms with Crippen molar-refractivity contribution >= 4 is 0 Å². The summed E-state index contributed by atoms with van der Waals surface area (Å²) in [6.45, 7) is 11.4. The maximum absolute atomic E-state index is 3.52. The van der Waals surface area contributed by atoms with Gasteiger partial charge in [0, 0.05) is 31.2 Å². The zero-order valence-corrected chi connectivity index (χ0v) is 8.09. The van der Waals surface area contributed by atoms with Crippen molar-refractivity contribution in [1.29, 1.82) is 0 Å². The molecule has 66 valence electrons. The van der Waals surface area contributed by atoms with Gasteiger partial charge in [0.05, 0.1) is 0 Å². The summed E-state index contributed by atoms with van der Waals surface area (Å²) in [6.07, 6.45) is 0. The Hall–Kier alpha value is -0.0800. The molecule has 0 aliphatic carbocycles. The zero-order chi connectivity index (χ0) is 8.43. The van der Waals surface area contributed by atoms with Crippen LogP contribution in [0.5, 0.6) is 0 Å². The Morgan fingerprint density at radius 2 is 1.64 bits per heavy atom. The zero-order valence-electron chi connectivity index (χ0n) is 8.09. The molecule has 1 aliphatic heterocycles. The van der Waals surface area contributed by atoms with E-state index in [0.29, 0.717) is 18.1 Å². The fraction of sp³-hybridized carbons (Fsp3) is 1.00. The van der Waals surface area contributed by atoms with Crippen molar-refractivity contribution < 1.29 is 0 Å². The Morgan fingerprint density at radius 3 is 2.00 bits per heavy atom. The van der Waals surface area contributed by atoms with Crippen molar-refractivity contribution in [1.82, 2.24) is 10.2 Å². The third-order valence-electron chi connectivity index (χ3n) is 2.32. The molecule has 2 heteroatoms. The van der Waals surface area contributed by atoms with E-state index in [-0.39, 0.29) is 0 Å². The second kappa shape index (κ2) is 3.55. The Morgan fingerprint density at radius 1 is 1.18 bits per heavy atom. The number of hydrogen-bond donors (Lipinski definition) is 1. The lowest BCUT2D eigenvalue weighted by Crippen LogP contribution is -2.55. The smallest absolute Gasteiger partial charge is 0.0169 e. The van der Waals surface area contributed by atoms with Gasteiger partial charge >= 0.3 is 0 Å². The lowest BCUT2D eigenvalue weighted by atomic mass is 10.1. The third kappa shape index (κ3) is 2.46. The van der Waals surface area contributed by atoms with Crippen LogP contribution in [0.25, 0.3) is 0 Å². The van der Waals surface area contributed by atoms with Crippen molar-refractivity contribution in [3.8, 4) is 0 Å².